The molecule has 0 saturated carbocycles. The highest BCUT2D eigenvalue weighted by molar-refractivity contribution is 5.69. The minimum atomic E-state index is 0.752. The number of hydrogen-bond donors (Lipinski definition) is 0. The van der Waals surface area contributed by atoms with Gasteiger partial charge in [-0.05, 0) is 49.7 Å². The molecule has 40 heavy (non-hydrogen) atoms. The first-order chi connectivity index (χ1) is 19.6. The lowest BCUT2D eigenvalue weighted by molar-refractivity contribution is 0.241. The summed E-state index contributed by atoms with van der Waals surface area (Å²) in [7, 11) is 5.10. The van der Waals surface area contributed by atoms with Crippen molar-refractivity contribution in [1.29, 1.82) is 0 Å². The van der Waals surface area contributed by atoms with Crippen LogP contribution in [0.4, 0.5) is 0 Å². The third-order valence-electron chi connectivity index (χ3n) is 7.28. The van der Waals surface area contributed by atoms with E-state index < -0.39 is 0 Å². The molecule has 0 fully saturated rings. The van der Waals surface area contributed by atoms with Crippen LogP contribution in [-0.2, 0) is 19.6 Å². The molecule has 0 N–H and O–H groups in total. The normalized spacial score (nSPS) is 11.2. The second-order valence-electron chi connectivity index (χ2n) is 10.0. The number of nitrogens with zero attached hydrogens (tertiary/aromatic N) is 3. The van der Waals surface area contributed by atoms with Crippen molar-refractivity contribution in [3.05, 3.63) is 84.1 Å². The van der Waals surface area contributed by atoms with E-state index in [0.29, 0.717) is 0 Å². The fourth-order valence-electron chi connectivity index (χ4n) is 5.12. The third-order valence-corrected chi connectivity index (χ3v) is 7.28. The Morgan fingerprint density at radius 1 is 0.725 bits per heavy atom. The van der Waals surface area contributed by atoms with Crippen molar-refractivity contribution in [3.8, 4) is 39.9 Å². The zero-order chi connectivity index (χ0) is 28.3. The molecule has 212 valence electrons. The molecule has 0 aliphatic heterocycles. The summed E-state index contributed by atoms with van der Waals surface area (Å²) in [6.45, 7) is 7.90. The van der Waals surface area contributed by atoms with E-state index in [9.17, 15) is 0 Å². The number of aromatic nitrogens is 2. The number of methoxy groups -OCH3 is 3. The summed E-state index contributed by atoms with van der Waals surface area (Å²) in [6.07, 6.45) is 4.44. The van der Waals surface area contributed by atoms with Crippen molar-refractivity contribution in [2.24, 2.45) is 0 Å². The van der Waals surface area contributed by atoms with Gasteiger partial charge in [0.05, 0.1) is 32.7 Å². The maximum atomic E-state index is 5.80. The molecule has 0 amide bonds. The molecule has 0 atom stereocenters. The predicted octanol–water partition coefficient (Wildman–Crippen LogP) is 7.85. The largest absolute Gasteiger partial charge is 0.497 e. The van der Waals surface area contributed by atoms with Crippen LogP contribution in [0.15, 0.2) is 72.8 Å². The molecule has 6 nitrogen and oxygen atoms in total. The van der Waals surface area contributed by atoms with Crippen LogP contribution in [0.1, 0.15) is 50.8 Å². The Morgan fingerprint density at radius 3 is 2.12 bits per heavy atom. The molecule has 0 spiro atoms. The van der Waals surface area contributed by atoms with Crippen LogP contribution in [0.25, 0.3) is 22.6 Å². The quantitative estimate of drug-likeness (QED) is 0.153. The topological polar surface area (TPSA) is 48.8 Å². The molecule has 0 radical (unpaired) electrons. The Morgan fingerprint density at radius 2 is 1.48 bits per heavy atom. The summed E-state index contributed by atoms with van der Waals surface area (Å²) >= 11 is 0. The SMILES string of the molecule is CCCCN(Cc1cccc(OC)c1OC)Cc1c(-c2ccc(OC)cc2)nc(-c2ccccc2)n1CCCC. The lowest BCUT2D eigenvalue weighted by Crippen LogP contribution is -2.26. The lowest BCUT2D eigenvalue weighted by Gasteiger charge is -2.25. The van der Waals surface area contributed by atoms with Gasteiger partial charge in [0.15, 0.2) is 11.5 Å². The number of rotatable bonds is 15. The highest BCUT2D eigenvalue weighted by Crippen LogP contribution is 2.34. The number of benzene rings is 3. The molecule has 0 bridgehead atoms. The maximum absolute atomic E-state index is 5.80. The van der Waals surface area contributed by atoms with Gasteiger partial charge in [-0.2, -0.15) is 0 Å². The van der Waals surface area contributed by atoms with E-state index in [0.717, 1.165) is 97.3 Å². The van der Waals surface area contributed by atoms with Gasteiger partial charge in [0.2, 0.25) is 0 Å². The van der Waals surface area contributed by atoms with Gasteiger partial charge in [-0.3, -0.25) is 4.90 Å². The third kappa shape index (κ3) is 6.86. The van der Waals surface area contributed by atoms with Crippen LogP contribution in [0.3, 0.4) is 0 Å². The molecule has 6 heteroatoms. The van der Waals surface area contributed by atoms with Gasteiger partial charge < -0.3 is 18.8 Å². The molecular formula is C34H43N3O3. The van der Waals surface area contributed by atoms with Crippen LogP contribution < -0.4 is 14.2 Å². The molecule has 1 heterocycles. The van der Waals surface area contributed by atoms with Crippen molar-refractivity contribution in [2.75, 3.05) is 27.9 Å². The second kappa shape index (κ2) is 14.6. The lowest BCUT2D eigenvalue weighted by atomic mass is 10.1. The molecule has 4 aromatic rings. The first kappa shape index (κ1) is 29.2. The van der Waals surface area contributed by atoms with Crippen molar-refractivity contribution < 1.29 is 14.2 Å². The number of imidazole rings is 1. The summed E-state index contributed by atoms with van der Waals surface area (Å²) in [4.78, 5) is 7.83. The zero-order valence-corrected chi connectivity index (χ0v) is 24.7. The highest BCUT2D eigenvalue weighted by Gasteiger charge is 2.23. The van der Waals surface area contributed by atoms with Gasteiger partial charge >= 0.3 is 0 Å². The van der Waals surface area contributed by atoms with Crippen LogP contribution in [0, 0.1) is 0 Å². The van der Waals surface area contributed by atoms with Gasteiger partial charge in [-0.15, -0.1) is 0 Å². The average molecular weight is 542 g/mol. The Hall–Kier alpha value is -3.77. The molecule has 0 aliphatic rings. The molecular weight excluding hydrogens is 498 g/mol. The van der Waals surface area contributed by atoms with E-state index in [1.54, 1.807) is 21.3 Å². The van der Waals surface area contributed by atoms with Crippen LogP contribution in [0.5, 0.6) is 17.2 Å². The monoisotopic (exact) mass is 541 g/mol. The molecule has 0 aliphatic carbocycles. The molecule has 0 saturated heterocycles. The number of hydrogen-bond acceptors (Lipinski definition) is 5. The van der Waals surface area contributed by atoms with Gasteiger partial charge in [-0.25, -0.2) is 4.98 Å². The van der Waals surface area contributed by atoms with Crippen molar-refractivity contribution in [2.45, 2.75) is 59.2 Å². The fourth-order valence-corrected chi connectivity index (χ4v) is 5.12. The van der Waals surface area contributed by atoms with E-state index in [2.05, 4.69) is 71.8 Å². The van der Waals surface area contributed by atoms with Crippen LogP contribution >= 0.6 is 0 Å². The van der Waals surface area contributed by atoms with E-state index in [-0.39, 0.29) is 0 Å². The van der Waals surface area contributed by atoms with Crippen molar-refractivity contribution >= 4 is 0 Å². The van der Waals surface area contributed by atoms with Gasteiger partial charge in [0, 0.05) is 36.3 Å². The number of para-hydroxylation sites is 1. The minimum absolute atomic E-state index is 0.752. The summed E-state index contributed by atoms with van der Waals surface area (Å²) in [5.74, 6) is 3.41. The van der Waals surface area contributed by atoms with E-state index >= 15 is 0 Å². The molecule has 0 unspecified atom stereocenters. The first-order valence-electron chi connectivity index (χ1n) is 14.3. The van der Waals surface area contributed by atoms with Crippen molar-refractivity contribution in [3.63, 3.8) is 0 Å². The van der Waals surface area contributed by atoms with E-state index in [1.165, 1.54) is 5.69 Å². The second-order valence-corrected chi connectivity index (χ2v) is 10.0. The summed E-state index contributed by atoms with van der Waals surface area (Å²) in [6, 6.07) is 24.9. The summed E-state index contributed by atoms with van der Waals surface area (Å²) in [5.41, 5.74) is 5.60. The summed E-state index contributed by atoms with van der Waals surface area (Å²) < 4.78 is 19.3. The highest BCUT2D eigenvalue weighted by atomic mass is 16.5. The smallest absolute Gasteiger partial charge is 0.165 e. The van der Waals surface area contributed by atoms with Crippen molar-refractivity contribution in [1.82, 2.24) is 14.5 Å². The van der Waals surface area contributed by atoms with Gasteiger partial charge in [0.1, 0.15) is 11.6 Å². The molecule has 3 aromatic carbocycles. The van der Waals surface area contributed by atoms with Gasteiger partial charge in [-0.1, -0.05) is 69.2 Å². The minimum Gasteiger partial charge on any atom is -0.497 e. The maximum Gasteiger partial charge on any atom is 0.165 e. The zero-order valence-electron chi connectivity index (χ0n) is 24.7. The predicted molar refractivity (Wildman–Crippen MR) is 163 cm³/mol. The van der Waals surface area contributed by atoms with Crippen LogP contribution in [-0.4, -0.2) is 42.3 Å². The average Bonchev–Trinajstić information content (AvgIpc) is 3.36. The number of unbranched alkanes of at least 4 members (excludes halogenated alkanes) is 2. The Labute approximate surface area is 239 Å². The van der Waals surface area contributed by atoms with E-state index in [1.807, 2.05) is 24.3 Å². The Kier molecular flexibility index (Phi) is 10.6. The first-order valence-corrected chi connectivity index (χ1v) is 14.3. The van der Waals surface area contributed by atoms with Crippen LogP contribution in [0.2, 0.25) is 0 Å². The summed E-state index contributed by atoms with van der Waals surface area (Å²) in [5, 5.41) is 0. The molecule has 1 aromatic heterocycles. The fraction of sp³-hybridized carbons (Fsp3) is 0.382. The van der Waals surface area contributed by atoms with E-state index in [4.69, 9.17) is 19.2 Å². The Balaban J connectivity index is 1.83. The van der Waals surface area contributed by atoms with Gasteiger partial charge in [0.25, 0.3) is 0 Å². The Bertz CT molecular complexity index is 1330. The standard InChI is InChI=1S/C34H43N3O3/c1-6-8-22-36(24-28-16-13-17-31(39-4)33(28)40-5)25-30-32(26-18-20-29(38-3)21-19-26)35-34(37(30)23-9-7-2)27-14-11-10-12-15-27/h10-21H,6-9,22-25H2,1-5H3. The molecule has 4 rings (SSSR count). The number of ether oxygens (including phenoxy) is 3.